The van der Waals surface area contributed by atoms with Crippen LogP contribution < -0.4 is 0 Å². The van der Waals surface area contributed by atoms with Crippen LogP contribution in [0.5, 0.6) is 0 Å². The largest absolute Gasteiger partial charge is 0.204 e. The molecule has 5 nitrogen and oxygen atoms in total. The number of hydrogen-bond acceptors (Lipinski definition) is 4. The SMILES string of the molecule is N#Cc1ccc(-c2nnn(Cc3ccccc3)n2)cc1. The highest BCUT2D eigenvalue weighted by Gasteiger charge is 2.06. The third-order valence-corrected chi connectivity index (χ3v) is 2.89. The molecule has 0 unspecified atom stereocenters. The second-order valence-corrected chi connectivity index (χ2v) is 4.32. The van der Waals surface area contributed by atoms with Gasteiger partial charge in [-0.25, -0.2) is 0 Å². The molecule has 1 aromatic heterocycles. The molecule has 0 amide bonds. The zero-order valence-electron chi connectivity index (χ0n) is 10.6. The zero-order chi connectivity index (χ0) is 13.8. The van der Waals surface area contributed by atoms with E-state index in [-0.39, 0.29) is 0 Å². The molecule has 0 saturated carbocycles. The van der Waals surface area contributed by atoms with Crippen LogP contribution >= 0.6 is 0 Å². The van der Waals surface area contributed by atoms with Gasteiger partial charge in [-0.3, -0.25) is 0 Å². The zero-order valence-corrected chi connectivity index (χ0v) is 10.6. The van der Waals surface area contributed by atoms with Gasteiger partial charge in [0.15, 0.2) is 0 Å². The molecular formula is C15H11N5. The van der Waals surface area contributed by atoms with Gasteiger partial charge in [0.1, 0.15) is 0 Å². The minimum atomic E-state index is 0.561. The van der Waals surface area contributed by atoms with Gasteiger partial charge >= 0.3 is 0 Å². The lowest BCUT2D eigenvalue weighted by molar-refractivity contribution is 0.573. The first-order valence-electron chi connectivity index (χ1n) is 6.17. The van der Waals surface area contributed by atoms with Gasteiger partial charge in [-0.1, -0.05) is 30.3 Å². The van der Waals surface area contributed by atoms with E-state index in [4.69, 9.17) is 5.26 Å². The predicted octanol–water partition coefficient (Wildman–Crippen LogP) is 2.26. The van der Waals surface area contributed by atoms with Gasteiger partial charge in [-0.15, -0.1) is 10.2 Å². The molecular weight excluding hydrogens is 250 g/mol. The van der Waals surface area contributed by atoms with Crippen LogP contribution in [0.2, 0.25) is 0 Å². The summed E-state index contributed by atoms with van der Waals surface area (Å²) >= 11 is 0. The molecule has 0 atom stereocenters. The van der Waals surface area contributed by atoms with E-state index < -0.39 is 0 Å². The maximum absolute atomic E-state index is 8.77. The molecule has 0 radical (unpaired) electrons. The molecule has 0 aliphatic heterocycles. The van der Waals surface area contributed by atoms with Gasteiger partial charge in [0.25, 0.3) is 0 Å². The van der Waals surface area contributed by atoms with Crippen LogP contribution in [0.1, 0.15) is 11.1 Å². The minimum absolute atomic E-state index is 0.561. The normalized spacial score (nSPS) is 10.2. The molecule has 0 aliphatic carbocycles. The number of tetrazole rings is 1. The highest BCUT2D eigenvalue weighted by atomic mass is 15.6. The lowest BCUT2D eigenvalue weighted by atomic mass is 10.1. The van der Waals surface area contributed by atoms with E-state index in [0.717, 1.165) is 11.1 Å². The van der Waals surface area contributed by atoms with Crippen LogP contribution in [-0.2, 0) is 6.54 Å². The van der Waals surface area contributed by atoms with E-state index in [2.05, 4.69) is 21.5 Å². The average molecular weight is 261 g/mol. The Morgan fingerprint density at radius 3 is 2.45 bits per heavy atom. The Labute approximate surface area is 116 Å². The molecule has 0 N–H and O–H groups in total. The van der Waals surface area contributed by atoms with E-state index in [9.17, 15) is 0 Å². The third-order valence-electron chi connectivity index (χ3n) is 2.89. The van der Waals surface area contributed by atoms with Crippen molar-refractivity contribution in [1.82, 2.24) is 20.2 Å². The highest BCUT2D eigenvalue weighted by Crippen LogP contribution is 2.14. The summed E-state index contributed by atoms with van der Waals surface area (Å²) in [6, 6.07) is 19.2. The van der Waals surface area contributed by atoms with Gasteiger partial charge < -0.3 is 0 Å². The minimum Gasteiger partial charge on any atom is -0.192 e. The Bertz CT molecular complexity index is 738. The third kappa shape index (κ3) is 2.54. The molecule has 96 valence electrons. The first-order valence-corrected chi connectivity index (χ1v) is 6.17. The lowest BCUT2D eigenvalue weighted by Crippen LogP contribution is -2.03. The summed E-state index contributed by atoms with van der Waals surface area (Å²) in [5.41, 5.74) is 2.59. The van der Waals surface area contributed by atoms with Crippen molar-refractivity contribution in [3.8, 4) is 17.5 Å². The number of rotatable bonds is 3. The molecule has 1 heterocycles. The summed E-state index contributed by atoms with van der Waals surface area (Å²) in [6.45, 7) is 0.587. The summed E-state index contributed by atoms with van der Waals surface area (Å²) in [5, 5.41) is 21.2. The van der Waals surface area contributed by atoms with Crippen molar-refractivity contribution < 1.29 is 0 Å². The van der Waals surface area contributed by atoms with Crippen LogP contribution in [0.25, 0.3) is 11.4 Å². The maximum Gasteiger partial charge on any atom is 0.204 e. The molecule has 0 fully saturated rings. The Kier molecular flexibility index (Phi) is 3.21. The molecule has 3 aromatic rings. The van der Waals surface area contributed by atoms with Crippen molar-refractivity contribution in [3.63, 3.8) is 0 Å². The van der Waals surface area contributed by atoms with Crippen molar-refractivity contribution in [2.24, 2.45) is 0 Å². The van der Waals surface area contributed by atoms with Crippen LogP contribution in [-0.4, -0.2) is 20.2 Å². The first kappa shape index (κ1) is 12.1. The van der Waals surface area contributed by atoms with E-state index in [1.54, 1.807) is 16.9 Å². The van der Waals surface area contributed by atoms with Gasteiger partial charge in [0, 0.05) is 5.56 Å². The van der Waals surface area contributed by atoms with E-state index in [1.165, 1.54) is 0 Å². The smallest absolute Gasteiger partial charge is 0.192 e. The fourth-order valence-electron chi connectivity index (χ4n) is 1.87. The van der Waals surface area contributed by atoms with Crippen molar-refractivity contribution >= 4 is 0 Å². The number of nitrogens with zero attached hydrogens (tertiary/aromatic N) is 5. The Balaban J connectivity index is 1.81. The van der Waals surface area contributed by atoms with Gasteiger partial charge in [0.2, 0.25) is 5.82 Å². The second kappa shape index (κ2) is 5.33. The highest BCUT2D eigenvalue weighted by molar-refractivity contribution is 5.55. The van der Waals surface area contributed by atoms with Crippen LogP contribution in [0.4, 0.5) is 0 Å². The number of aromatic nitrogens is 4. The molecule has 0 aliphatic rings. The molecule has 5 heteroatoms. The summed E-state index contributed by atoms with van der Waals surface area (Å²) in [5.74, 6) is 0.561. The van der Waals surface area contributed by atoms with Crippen molar-refractivity contribution in [1.29, 1.82) is 5.26 Å². The van der Waals surface area contributed by atoms with E-state index >= 15 is 0 Å². The second-order valence-electron chi connectivity index (χ2n) is 4.32. The average Bonchev–Trinajstić information content (AvgIpc) is 2.97. The Hall–Kier alpha value is -3.00. The molecule has 0 spiro atoms. The van der Waals surface area contributed by atoms with Gasteiger partial charge in [-0.2, -0.15) is 10.1 Å². The molecule has 2 aromatic carbocycles. The summed E-state index contributed by atoms with van der Waals surface area (Å²) in [7, 11) is 0. The molecule has 0 saturated heterocycles. The van der Waals surface area contributed by atoms with E-state index in [1.807, 2.05) is 42.5 Å². The predicted molar refractivity (Wildman–Crippen MR) is 73.5 cm³/mol. The van der Waals surface area contributed by atoms with Crippen LogP contribution in [0.3, 0.4) is 0 Å². The number of benzene rings is 2. The fraction of sp³-hybridized carbons (Fsp3) is 0.0667. The van der Waals surface area contributed by atoms with Crippen molar-refractivity contribution in [2.45, 2.75) is 6.54 Å². The van der Waals surface area contributed by atoms with Crippen LogP contribution in [0, 0.1) is 11.3 Å². The molecule has 0 bridgehead atoms. The number of nitriles is 1. The monoisotopic (exact) mass is 261 g/mol. The van der Waals surface area contributed by atoms with Gasteiger partial charge in [-0.05, 0) is 35.0 Å². The summed E-state index contributed by atoms with van der Waals surface area (Å²) in [4.78, 5) is 1.56. The summed E-state index contributed by atoms with van der Waals surface area (Å²) in [6.07, 6.45) is 0. The summed E-state index contributed by atoms with van der Waals surface area (Å²) < 4.78 is 0. The number of hydrogen-bond donors (Lipinski definition) is 0. The Morgan fingerprint density at radius 1 is 1.00 bits per heavy atom. The molecule has 3 rings (SSSR count). The quantitative estimate of drug-likeness (QED) is 0.725. The van der Waals surface area contributed by atoms with Crippen molar-refractivity contribution in [3.05, 3.63) is 65.7 Å². The standard InChI is InChI=1S/C15H11N5/c16-10-12-6-8-14(9-7-12)15-17-19-20(18-15)11-13-4-2-1-3-5-13/h1-9H,11H2. The molecule has 20 heavy (non-hydrogen) atoms. The maximum atomic E-state index is 8.77. The van der Waals surface area contributed by atoms with Gasteiger partial charge in [0.05, 0.1) is 18.2 Å². The Morgan fingerprint density at radius 2 is 1.75 bits per heavy atom. The topological polar surface area (TPSA) is 67.4 Å². The van der Waals surface area contributed by atoms with Crippen molar-refractivity contribution in [2.75, 3.05) is 0 Å². The first-order chi connectivity index (χ1) is 9.85. The van der Waals surface area contributed by atoms with E-state index in [0.29, 0.717) is 17.9 Å². The lowest BCUT2D eigenvalue weighted by Gasteiger charge is -1.98. The van der Waals surface area contributed by atoms with Crippen LogP contribution in [0.15, 0.2) is 54.6 Å². The fourth-order valence-corrected chi connectivity index (χ4v) is 1.87.